The number of hydrogen-bond donors (Lipinski definition) is 1. The number of hydrogen-bond acceptors (Lipinski definition) is 4. The molecule has 0 bridgehead atoms. The molecule has 3 rings (SSSR count). The van der Waals surface area contributed by atoms with Gasteiger partial charge >= 0.3 is 0 Å². The van der Waals surface area contributed by atoms with Gasteiger partial charge in [0.15, 0.2) is 6.33 Å². The van der Waals surface area contributed by atoms with Gasteiger partial charge in [0, 0.05) is 25.1 Å². The van der Waals surface area contributed by atoms with Crippen LogP contribution in [0.3, 0.4) is 0 Å². The summed E-state index contributed by atoms with van der Waals surface area (Å²) >= 11 is 0. The van der Waals surface area contributed by atoms with Crippen molar-refractivity contribution in [1.29, 1.82) is 5.41 Å². The molecular formula is C12H12N4O. The van der Waals surface area contributed by atoms with Gasteiger partial charge in [-0.1, -0.05) is 29.4 Å². The average Bonchev–Trinajstić information content (AvgIpc) is 2.96. The normalized spacial score (nSPS) is 14.1. The van der Waals surface area contributed by atoms with Crippen molar-refractivity contribution in [3.63, 3.8) is 0 Å². The van der Waals surface area contributed by atoms with Crippen molar-refractivity contribution in [2.75, 3.05) is 6.54 Å². The maximum absolute atomic E-state index is 8.08. The molecule has 0 atom stereocenters. The maximum Gasteiger partial charge on any atom is 0.228 e. The molecule has 2 heterocycles. The van der Waals surface area contributed by atoms with Gasteiger partial charge in [-0.05, 0) is 5.56 Å². The highest BCUT2D eigenvalue weighted by Crippen LogP contribution is 2.22. The molecule has 17 heavy (non-hydrogen) atoms. The first-order valence-electron chi connectivity index (χ1n) is 5.52. The van der Waals surface area contributed by atoms with Crippen molar-refractivity contribution in [3.8, 4) is 0 Å². The molecule has 1 aliphatic heterocycles. The van der Waals surface area contributed by atoms with E-state index in [0.29, 0.717) is 18.1 Å². The molecular weight excluding hydrogens is 216 g/mol. The Morgan fingerprint density at radius 1 is 1.35 bits per heavy atom. The van der Waals surface area contributed by atoms with Gasteiger partial charge in [0.25, 0.3) is 0 Å². The van der Waals surface area contributed by atoms with Gasteiger partial charge in [0.1, 0.15) is 5.84 Å². The van der Waals surface area contributed by atoms with Crippen LogP contribution in [0.4, 0.5) is 0 Å². The fourth-order valence-corrected chi connectivity index (χ4v) is 2.07. The lowest BCUT2D eigenvalue weighted by Crippen LogP contribution is -2.26. The van der Waals surface area contributed by atoms with Crippen molar-refractivity contribution >= 4 is 5.84 Å². The van der Waals surface area contributed by atoms with Crippen LogP contribution in [0.15, 0.2) is 35.1 Å². The van der Waals surface area contributed by atoms with Crippen LogP contribution in [0, 0.1) is 5.41 Å². The van der Waals surface area contributed by atoms with Crippen LogP contribution in [0.25, 0.3) is 0 Å². The molecule has 5 nitrogen and oxygen atoms in total. The van der Waals surface area contributed by atoms with Crippen LogP contribution < -0.4 is 0 Å². The highest BCUT2D eigenvalue weighted by Gasteiger charge is 2.23. The molecule has 0 saturated heterocycles. The topological polar surface area (TPSA) is 66.0 Å². The number of amidine groups is 1. The highest BCUT2D eigenvalue weighted by atomic mass is 16.5. The van der Waals surface area contributed by atoms with Gasteiger partial charge in [-0.25, -0.2) is 0 Å². The number of aromatic nitrogens is 2. The third-order valence-electron chi connectivity index (χ3n) is 2.95. The summed E-state index contributed by atoms with van der Waals surface area (Å²) in [4.78, 5) is 6.00. The van der Waals surface area contributed by atoms with E-state index in [1.807, 2.05) is 23.1 Å². The number of fused-ring (bicyclic) bond motifs is 1. The molecule has 0 radical (unpaired) electrons. The van der Waals surface area contributed by atoms with Gasteiger partial charge in [-0.2, -0.15) is 4.98 Å². The van der Waals surface area contributed by atoms with Crippen molar-refractivity contribution < 1.29 is 4.52 Å². The molecule has 0 unspecified atom stereocenters. The highest BCUT2D eigenvalue weighted by molar-refractivity contribution is 6.00. The van der Waals surface area contributed by atoms with Gasteiger partial charge in [0.2, 0.25) is 5.89 Å². The predicted molar refractivity (Wildman–Crippen MR) is 61.7 cm³/mol. The molecule has 0 saturated carbocycles. The van der Waals surface area contributed by atoms with Crippen LogP contribution in [-0.4, -0.2) is 27.4 Å². The Morgan fingerprint density at radius 2 is 2.24 bits per heavy atom. The molecule has 0 aliphatic carbocycles. The maximum atomic E-state index is 8.08. The third kappa shape index (κ3) is 1.80. The summed E-state index contributed by atoms with van der Waals surface area (Å²) in [6, 6.07) is 8.03. The molecule has 1 N–H and O–H groups in total. The first-order valence-corrected chi connectivity index (χ1v) is 5.52. The zero-order valence-corrected chi connectivity index (χ0v) is 9.26. The van der Waals surface area contributed by atoms with Crippen molar-refractivity contribution in [2.45, 2.75) is 13.0 Å². The smallest absolute Gasteiger partial charge is 0.228 e. The van der Waals surface area contributed by atoms with E-state index in [9.17, 15) is 0 Å². The van der Waals surface area contributed by atoms with Crippen LogP contribution >= 0.6 is 0 Å². The van der Waals surface area contributed by atoms with Crippen LogP contribution in [0.5, 0.6) is 0 Å². The van der Waals surface area contributed by atoms with Crippen LogP contribution in [0.2, 0.25) is 0 Å². The Bertz CT molecular complexity index is 535. The quantitative estimate of drug-likeness (QED) is 0.863. The lowest BCUT2D eigenvalue weighted by Gasteiger charge is -2.16. The van der Waals surface area contributed by atoms with Gasteiger partial charge < -0.3 is 9.42 Å². The van der Waals surface area contributed by atoms with Crippen LogP contribution in [0.1, 0.15) is 17.0 Å². The Balaban J connectivity index is 1.70. The summed E-state index contributed by atoms with van der Waals surface area (Å²) in [6.45, 7) is 1.53. The number of rotatable bonds is 3. The van der Waals surface area contributed by atoms with E-state index in [1.54, 1.807) is 0 Å². The van der Waals surface area contributed by atoms with E-state index in [-0.39, 0.29) is 0 Å². The van der Waals surface area contributed by atoms with E-state index in [1.165, 1.54) is 11.9 Å². The molecule has 5 heteroatoms. The molecule has 0 spiro atoms. The predicted octanol–water partition coefficient (Wildman–Crippen LogP) is 1.45. The number of benzene rings is 1. The Kier molecular flexibility index (Phi) is 2.36. The fraction of sp³-hybridized carbons (Fsp3) is 0.250. The SMILES string of the molecule is N=C1c2ccccc2CN1CCc1ncno1. The minimum atomic E-state index is 0.583. The zero-order valence-electron chi connectivity index (χ0n) is 9.26. The molecule has 1 aromatic heterocycles. The number of nitrogens with zero attached hydrogens (tertiary/aromatic N) is 3. The first-order chi connectivity index (χ1) is 8.34. The van der Waals surface area contributed by atoms with E-state index in [4.69, 9.17) is 9.93 Å². The summed E-state index contributed by atoms with van der Waals surface area (Å²) in [6.07, 6.45) is 2.08. The minimum absolute atomic E-state index is 0.583. The second kappa shape index (κ2) is 4.01. The lowest BCUT2D eigenvalue weighted by molar-refractivity contribution is 0.350. The fourth-order valence-electron chi connectivity index (χ4n) is 2.07. The Hall–Kier alpha value is -2.17. The minimum Gasteiger partial charge on any atom is -0.352 e. The molecule has 1 aliphatic rings. The van der Waals surface area contributed by atoms with Gasteiger partial charge in [0.05, 0.1) is 0 Å². The number of nitrogens with one attached hydrogen (secondary N) is 1. The Labute approximate surface area is 98.6 Å². The summed E-state index contributed by atoms with van der Waals surface area (Å²) in [5.74, 6) is 1.20. The first kappa shape index (κ1) is 10.0. The summed E-state index contributed by atoms with van der Waals surface area (Å²) < 4.78 is 4.95. The second-order valence-electron chi connectivity index (χ2n) is 4.01. The second-order valence-corrected chi connectivity index (χ2v) is 4.01. The molecule has 86 valence electrons. The van der Waals surface area contributed by atoms with E-state index >= 15 is 0 Å². The largest absolute Gasteiger partial charge is 0.352 e. The monoisotopic (exact) mass is 228 g/mol. The summed E-state index contributed by atoms with van der Waals surface area (Å²) in [5.41, 5.74) is 2.24. The molecule has 2 aromatic rings. The molecule has 0 fully saturated rings. The zero-order chi connectivity index (χ0) is 11.7. The molecule has 1 aromatic carbocycles. The third-order valence-corrected chi connectivity index (χ3v) is 2.95. The van der Waals surface area contributed by atoms with Gasteiger partial charge in [-0.3, -0.25) is 5.41 Å². The van der Waals surface area contributed by atoms with E-state index < -0.39 is 0 Å². The lowest BCUT2D eigenvalue weighted by atomic mass is 10.1. The van der Waals surface area contributed by atoms with Crippen molar-refractivity contribution in [1.82, 2.24) is 15.0 Å². The Morgan fingerprint density at radius 3 is 3.00 bits per heavy atom. The molecule has 0 amide bonds. The van der Waals surface area contributed by atoms with Crippen molar-refractivity contribution in [2.24, 2.45) is 0 Å². The summed E-state index contributed by atoms with van der Waals surface area (Å²) in [5, 5.41) is 11.6. The van der Waals surface area contributed by atoms with Crippen LogP contribution in [-0.2, 0) is 13.0 Å². The average molecular weight is 228 g/mol. The summed E-state index contributed by atoms with van der Waals surface area (Å²) in [7, 11) is 0. The van der Waals surface area contributed by atoms with Gasteiger partial charge in [-0.15, -0.1) is 0 Å². The van der Waals surface area contributed by atoms with E-state index in [0.717, 1.165) is 18.7 Å². The van der Waals surface area contributed by atoms with Crippen molar-refractivity contribution in [3.05, 3.63) is 47.6 Å². The van der Waals surface area contributed by atoms with E-state index in [2.05, 4.69) is 16.2 Å². The standard InChI is InChI=1S/C12H12N4O/c13-12-10-4-2-1-3-9(10)7-16(12)6-5-11-14-8-15-17-11/h1-4,8,13H,5-7H2.